The van der Waals surface area contributed by atoms with E-state index >= 15 is 0 Å². The van der Waals surface area contributed by atoms with Crippen molar-refractivity contribution in [3.63, 3.8) is 0 Å². The first kappa shape index (κ1) is 27.6. The van der Waals surface area contributed by atoms with Crippen LogP contribution in [0.1, 0.15) is 29.5 Å². The van der Waals surface area contributed by atoms with Crippen molar-refractivity contribution in [2.24, 2.45) is 0 Å². The molecule has 9 nitrogen and oxygen atoms in total. The number of ether oxygens (including phenoxy) is 2. The quantitative estimate of drug-likeness (QED) is 0.226. The van der Waals surface area contributed by atoms with Crippen LogP contribution in [0.2, 0.25) is 5.02 Å². The van der Waals surface area contributed by atoms with Crippen LogP contribution in [0.4, 0.5) is 28.8 Å². The molecule has 2 aliphatic heterocycles. The van der Waals surface area contributed by atoms with Gasteiger partial charge in [0.05, 0.1) is 24.0 Å². The van der Waals surface area contributed by atoms with Crippen molar-refractivity contribution in [2.75, 3.05) is 49.3 Å². The summed E-state index contributed by atoms with van der Waals surface area (Å²) in [6.45, 7) is 3.42. The number of methoxy groups -OCH3 is 1. The fourth-order valence-corrected chi connectivity index (χ4v) is 6.08. The molecule has 4 aromatic rings. The molecule has 3 heterocycles. The lowest BCUT2D eigenvalue weighted by molar-refractivity contribution is 0.306. The van der Waals surface area contributed by atoms with Crippen molar-refractivity contribution in [3.05, 3.63) is 88.6 Å². The Morgan fingerprint density at radius 3 is 2.62 bits per heavy atom. The molecule has 1 aromatic heterocycles. The van der Waals surface area contributed by atoms with E-state index in [1.54, 1.807) is 19.2 Å². The number of fused-ring (bicyclic) bond motifs is 2. The molecule has 1 saturated heterocycles. The van der Waals surface area contributed by atoms with Crippen LogP contribution in [0, 0.1) is 11.3 Å². The molecule has 0 bridgehead atoms. The summed E-state index contributed by atoms with van der Waals surface area (Å²) >= 11 is 6.52. The molecule has 0 amide bonds. The van der Waals surface area contributed by atoms with Crippen LogP contribution in [-0.4, -0.2) is 43.8 Å². The van der Waals surface area contributed by atoms with Crippen LogP contribution in [0.25, 0.3) is 0 Å². The molecule has 6 rings (SSSR count). The third-order valence-electron chi connectivity index (χ3n) is 7.99. The summed E-state index contributed by atoms with van der Waals surface area (Å²) in [6, 6.07) is 21.7. The Labute approximate surface area is 250 Å². The van der Waals surface area contributed by atoms with Crippen LogP contribution in [0.5, 0.6) is 11.5 Å². The molecule has 0 unspecified atom stereocenters. The van der Waals surface area contributed by atoms with E-state index in [0.29, 0.717) is 40.4 Å². The number of nitrogens with zero attached hydrogens (tertiary/aromatic N) is 4. The SMILES string of the molecule is COc1cc2c(cc1Nc1ncc(C#N)c(Nc3ccc(OCc4ccccc4)c(Cl)c3)n1)N(C)CC21CCNCC1. The van der Waals surface area contributed by atoms with E-state index in [9.17, 15) is 5.26 Å². The van der Waals surface area contributed by atoms with Crippen LogP contribution in [-0.2, 0) is 12.0 Å². The summed E-state index contributed by atoms with van der Waals surface area (Å²) in [4.78, 5) is 11.3. The molecule has 0 atom stereocenters. The molecule has 2 aliphatic rings. The number of nitriles is 1. The van der Waals surface area contributed by atoms with Crippen molar-refractivity contribution in [2.45, 2.75) is 24.9 Å². The number of nitrogens with one attached hydrogen (secondary N) is 3. The van der Waals surface area contributed by atoms with Crippen LogP contribution in [0.3, 0.4) is 0 Å². The number of hydrogen-bond donors (Lipinski definition) is 3. The van der Waals surface area contributed by atoms with E-state index in [4.69, 9.17) is 21.1 Å². The summed E-state index contributed by atoms with van der Waals surface area (Å²) in [6.07, 6.45) is 3.68. The lowest BCUT2D eigenvalue weighted by atomic mass is 9.74. The second-order valence-corrected chi connectivity index (χ2v) is 11.1. The van der Waals surface area contributed by atoms with Gasteiger partial charge in [0.15, 0.2) is 5.82 Å². The van der Waals surface area contributed by atoms with Crippen LogP contribution in [0.15, 0.2) is 66.9 Å². The normalized spacial score (nSPS) is 15.1. The number of halogens is 1. The van der Waals surface area contributed by atoms with E-state index in [1.165, 1.54) is 17.4 Å². The number of piperidine rings is 1. The maximum absolute atomic E-state index is 9.73. The number of anilines is 5. The van der Waals surface area contributed by atoms with Crippen LogP contribution < -0.4 is 30.3 Å². The monoisotopic (exact) mass is 581 g/mol. The summed E-state index contributed by atoms with van der Waals surface area (Å²) in [5, 5.41) is 20.2. The zero-order chi connectivity index (χ0) is 29.1. The predicted octanol–water partition coefficient (Wildman–Crippen LogP) is 6.15. The van der Waals surface area contributed by atoms with Crippen molar-refractivity contribution in [1.29, 1.82) is 5.26 Å². The second-order valence-electron chi connectivity index (χ2n) is 10.7. The minimum atomic E-state index is 0.132. The molecule has 0 radical (unpaired) electrons. The lowest BCUT2D eigenvalue weighted by Gasteiger charge is -2.34. The lowest BCUT2D eigenvalue weighted by Crippen LogP contribution is -2.42. The number of likely N-dealkylation sites (N-methyl/N-ethyl adjacent to an activating group) is 1. The van der Waals surface area contributed by atoms with Gasteiger partial charge in [-0.1, -0.05) is 41.9 Å². The van der Waals surface area contributed by atoms with E-state index in [1.807, 2.05) is 36.4 Å². The summed E-state index contributed by atoms with van der Waals surface area (Å²) in [5.74, 6) is 1.98. The predicted molar refractivity (Wildman–Crippen MR) is 166 cm³/mol. The van der Waals surface area contributed by atoms with Gasteiger partial charge in [0.25, 0.3) is 0 Å². The summed E-state index contributed by atoms with van der Waals surface area (Å²) in [5.41, 5.74) is 5.40. The van der Waals surface area contributed by atoms with Gasteiger partial charge < -0.3 is 30.3 Å². The van der Waals surface area contributed by atoms with Gasteiger partial charge in [-0.3, -0.25) is 0 Å². The highest BCUT2D eigenvalue weighted by Crippen LogP contribution is 2.49. The first-order chi connectivity index (χ1) is 20.5. The van der Waals surface area contributed by atoms with E-state index in [-0.39, 0.29) is 5.41 Å². The van der Waals surface area contributed by atoms with Gasteiger partial charge in [0, 0.05) is 30.4 Å². The molecule has 10 heteroatoms. The number of hydrogen-bond acceptors (Lipinski definition) is 9. The van der Waals surface area contributed by atoms with Crippen molar-refractivity contribution in [3.8, 4) is 17.6 Å². The Hall–Kier alpha value is -4.52. The molecular formula is C32H32ClN7O2. The number of benzene rings is 3. The fraction of sp³-hybridized carbons (Fsp3) is 0.281. The third-order valence-corrected chi connectivity index (χ3v) is 8.28. The van der Waals surface area contributed by atoms with Crippen molar-refractivity contribution >= 4 is 40.4 Å². The third kappa shape index (κ3) is 5.51. The van der Waals surface area contributed by atoms with Crippen molar-refractivity contribution < 1.29 is 9.47 Å². The molecule has 0 saturated carbocycles. The molecule has 1 spiro atoms. The Morgan fingerprint density at radius 1 is 1.07 bits per heavy atom. The largest absolute Gasteiger partial charge is 0.495 e. The van der Waals surface area contributed by atoms with Crippen molar-refractivity contribution in [1.82, 2.24) is 15.3 Å². The Bertz CT molecular complexity index is 1630. The molecule has 0 aliphatic carbocycles. The van der Waals surface area contributed by atoms with E-state index < -0.39 is 0 Å². The van der Waals surface area contributed by atoms with Gasteiger partial charge >= 0.3 is 0 Å². The molecule has 3 aromatic carbocycles. The highest BCUT2D eigenvalue weighted by atomic mass is 35.5. The topological polar surface area (TPSA) is 107 Å². The molecular weight excluding hydrogens is 550 g/mol. The fourth-order valence-electron chi connectivity index (χ4n) is 5.84. The maximum atomic E-state index is 9.73. The van der Waals surface area contributed by atoms with Gasteiger partial charge in [-0.05, 0) is 67.4 Å². The van der Waals surface area contributed by atoms with Gasteiger partial charge in [0.1, 0.15) is 29.7 Å². The molecule has 214 valence electrons. The van der Waals surface area contributed by atoms with Gasteiger partial charge in [-0.25, -0.2) is 4.98 Å². The molecule has 3 N–H and O–H groups in total. The molecule has 42 heavy (non-hydrogen) atoms. The van der Waals surface area contributed by atoms with Gasteiger partial charge in [-0.2, -0.15) is 10.2 Å². The zero-order valence-electron chi connectivity index (χ0n) is 23.6. The Morgan fingerprint density at radius 2 is 1.88 bits per heavy atom. The van der Waals surface area contributed by atoms with E-state index in [2.05, 4.69) is 56.1 Å². The van der Waals surface area contributed by atoms with Gasteiger partial charge in [0.2, 0.25) is 5.95 Å². The second kappa shape index (κ2) is 11.8. The smallest absolute Gasteiger partial charge is 0.229 e. The highest BCUT2D eigenvalue weighted by molar-refractivity contribution is 6.32. The Kier molecular flexibility index (Phi) is 7.74. The first-order valence-corrected chi connectivity index (χ1v) is 14.3. The zero-order valence-corrected chi connectivity index (χ0v) is 24.3. The Balaban J connectivity index is 1.22. The maximum Gasteiger partial charge on any atom is 0.229 e. The molecule has 1 fully saturated rings. The standard InChI is InChI=1S/C32H32ClN7O2/c1-40-20-32(10-12-35-13-11-32)24-15-29(41-2)26(16-27(24)40)38-31-36-18-22(17-34)30(39-31)37-23-8-9-28(25(33)14-23)42-19-21-6-4-3-5-7-21/h3-9,14-16,18,35H,10-13,19-20H2,1-2H3,(H2,36,37,38,39). The minimum absolute atomic E-state index is 0.132. The minimum Gasteiger partial charge on any atom is -0.495 e. The average molecular weight is 582 g/mol. The van der Waals surface area contributed by atoms with Crippen LogP contribution >= 0.6 is 11.6 Å². The summed E-state index contributed by atoms with van der Waals surface area (Å²) in [7, 11) is 3.81. The number of aromatic nitrogens is 2. The highest BCUT2D eigenvalue weighted by Gasteiger charge is 2.43. The number of rotatable bonds is 8. The van der Waals surface area contributed by atoms with E-state index in [0.717, 1.165) is 49.5 Å². The average Bonchev–Trinajstić information content (AvgIpc) is 3.26. The summed E-state index contributed by atoms with van der Waals surface area (Å²) < 4.78 is 11.7. The first-order valence-electron chi connectivity index (χ1n) is 13.9. The van der Waals surface area contributed by atoms with Gasteiger partial charge in [-0.15, -0.1) is 0 Å².